The Morgan fingerprint density at radius 3 is 2.04 bits per heavy atom. The number of aryl methyl sites for hydroxylation is 1. The van der Waals surface area contributed by atoms with Gasteiger partial charge in [-0.05, 0) is 37.1 Å². The average Bonchev–Trinajstić information content (AvgIpc) is 2.68. The van der Waals surface area contributed by atoms with Crippen LogP contribution in [-0.2, 0) is 14.1 Å². The molecule has 3 aromatic rings. The molecule has 0 saturated heterocycles. The Bertz CT molecular complexity index is 995. The van der Waals surface area contributed by atoms with Crippen LogP contribution in [0.15, 0.2) is 89.8 Å². The molecular formula is C23H19O2S+. The van der Waals surface area contributed by atoms with Gasteiger partial charge < -0.3 is 0 Å². The fraction of sp³-hybridized carbons (Fsp3) is 0.0870. The van der Waals surface area contributed by atoms with E-state index in [1.54, 1.807) is 24.3 Å². The van der Waals surface area contributed by atoms with Crippen LogP contribution >= 0.6 is 0 Å². The van der Waals surface area contributed by atoms with Crippen LogP contribution in [0.25, 0.3) is 0 Å². The number of benzene rings is 3. The van der Waals surface area contributed by atoms with E-state index in [1.807, 2.05) is 67.6 Å². The van der Waals surface area contributed by atoms with Gasteiger partial charge in [-0.2, -0.15) is 0 Å². The summed E-state index contributed by atoms with van der Waals surface area (Å²) >= 11 is 0. The first kappa shape index (κ1) is 17.8. The van der Waals surface area contributed by atoms with E-state index in [0.29, 0.717) is 10.5 Å². The van der Waals surface area contributed by atoms with Gasteiger partial charge in [0.05, 0.1) is 0 Å². The van der Waals surface area contributed by atoms with E-state index < -0.39 is 9.93 Å². The lowest BCUT2D eigenvalue weighted by molar-refractivity contribution is 0.102. The van der Waals surface area contributed by atoms with Gasteiger partial charge in [0, 0.05) is 11.1 Å². The minimum Gasteiger partial charge on any atom is -0.289 e. The van der Waals surface area contributed by atoms with Gasteiger partial charge in [0.1, 0.15) is 0 Å². The van der Waals surface area contributed by atoms with Gasteiger partial charge in [-0.25, -0.2) is 0 Å². The smallest absolute Gasteiger partial charge is 0.213 e. The highest BCUT2D eigenvalue weighted by Gasteiger charge is 2.33. The first-order valence-electron chi connectivity index (χ1n) is 8.31. The van der Waals surface area contributed by atoms with Gasteiger partial charge in [0.2, 0.25) is 15.7 Å². The second kappa shape index (κ2) is 7.95. The van der Waals surface area contributed by atoms with Gasteiger partial charge in [-0.1, -0.05) is 70.4 Å². The van der Waals surface area contributed by atoms with Crippen LogP contribution in [0, 0.1) is 18.1 Å². The molecule has 3 aromatic carbocycles. The van der Waals surface area contributed by atoms with Gasteiger partial charge in [-0.15, -0.1) is 0 Å². The summed E-state index contributed by atoms with van der Waals surface area (Å²) in [4.78, 5) is 13.3. The van der Waals surface area contributed by atoms with Crippen molar-refractivity contribution in [3.05, 3.63) is 102 Å². The zero-order valence-electron chi connectivity index (χ0n) is 14.5. The van der Waals surface area contributed by atoms with Crippen molar-refractivity contribution >= 4 is 15.7 Å². The zero-order chi connectivity index (χ0) is 18.4. The lowest BCUT2D eigenvalue weighted by atomic mass is 10.1. The Morgan fingerprint density at radius 2 is 1.42 bits per heavy atom. The fourth-order valence-corrected chi connectivity index (χ4v) is 4.26. The molecule has 0 spiro atoms. The number of rotatable bonds is 4. The average molecular weight is 359 g/mol. The van der Waals surface area contributed by atoms with E-state index >= 15 is 0 Å². The van der Waals surface area contributed by atoms with Crippen LogP contribution in [0.1, 0.15) is 21.5 Å². The Morgan fingerprint density at radius 1 is 0.846 bits per heavy atom. The molecule has 0 aliphatic carbocycles. The van der Waals surface area contributed by atoms with Crippen LogP contribution in [0.4, 0.5) is 0 Å². The summed E-state index contributed by atoms with van der Waals surface area (Å²) in [5.41, 5.74) is 2.41. The first-order valence-corrected chi connectivity index (χ1v) is 10.0. The molecule has 0 aromatic heterocycles. The predicted molar refractivity (Wildman–Crippen MR) is 106 cm³/mol. The largest absolute Gasteiger partial charge is 0.289 e. The zero-order valence-corrected chi connectivity index (χ0v) is 15.3. The van der Waals surface area contributed by atoms with Crippen LogP contribution in [0.5, 0.6) is 0 Å². The molecule has 0 radical (unpaired) electrons. The highest BCUT2D eigenvalue weighted by atomic mass is 32.2. The Hall–Kier alpha value is -2.96. The van der Waals surface area contributed by atoms with E-state index in [4.69, 9.17) is 0 Å². The van der Waals surface area contributed by atoms with E-state index in [9.17, 15) is 9.00 Å². The number of hydrogen-bond acceptors (Lipinski definition) is 2. The normalized spacial score (nSPS) is 12.5. The van der Waals surface area contributed by atoms with Crippen LogP contribution < -0.4 is 0 Å². The molecule has 0 amide bonds. The maximum Gasteiger partial charge on any atom is 0.213 e. The maximum absolute atomic E-state index is 13.6. The lowest BCUT2D eigenvalue weighted by Crippen LogP contribution is -2.21. The molecule has 1 atom stereocenters. The molecule has 128 valence electrons. The quantitative estimate of drug-likeness (QED) is 0.383. The standard InChI is InChI=1S/C23H19O2S/c1-19-12-14-21(15-13-19)23(24)18-26(25,22-10-6-3-7-11-22)17-16-20-8-4-2-5-9-20/h2-15H,18H2,1H3/q+1. The third-order valence-corrected chi connectivity index (χ3v) is 6.10. The van der Waals surface area contributed by atoms with Gasteiger partial charge in [0.15, 0.2) is 15.9 Å². The van der Waals surface area contributed by atoms with Crippen molar-refractivity contribution in [2.45, 2.75) is 11.8 Å². The molecule has 0 fully saturated rings. The second-order valence-corrected chi connectivity index (χ2v) is 8.33. The molecule has 0 aliphatic rings. The molecule has 1 unspecified atom stereocenters. The highest BCUT2D eigenvalue weighted by Crippen LogP contribution is 2.21. The molecule has 0 saturated carbocycles. The van der Waals surface area contributed by atoms with Crippen molar-refractivity contribution in [2.24, 2.45) is 0 Å². The van der Waals surface area contributed by atoms with E-state index in [1.165, 1.54) is 0 Å². The number of hydrogen-bond donors (Lipinski definition) is 0. The number of carbonyl (C=O) groups is 1. The monoisotopic (exact) mass is 359 g/mol. The third-order valence-electron chi connectivity index (χ3n) is 3.97. The van der Waals surface area contributed by atoms with Crippen LogP contribution in [-0.4, -0.2) is 11.5 Å². The van der Waals surface area contributed by atoms with Crippen LogP contribution in [0.2, 0.25) is 0 Å². The van der Waals surface area contributed by atoms with E-state index in [2.05, 4.69) is 11.2 Å². The van der Waals surface area contributed by atoms with Crippen molar-refractivity contribution < 1.29 is 9.00 Å². The molecule has 0 aliphatic heterocycles. The first-order chi connectivity index (χ1) is 12.6. The maximum atomic E-state index is 13.6. The summed E-state index contributed by atoms with van der Waals surface area (Å²) in [7, 11) is -2.83. The minimum atomic E-state index is -2.83. The summed E-state index contributed by atoms with van der Waals surface area (Å²) in [6, 6.07) is 25.7. The van der Waals surface area contributed by atoms with Gasteiger partial charge >= 0.3 is 0 Å². The van der Waals surface area contributed by atoms with Crippen molar-refractivity contribution in [1.82, 2.24) is 0 Å². The van der Waals surface area contributed by atoms with Crippen molar-refractivity contribution in [3.63, 3.8) is 0 Å². The SMILES string of the molecule is Cc1ccc(C(=O)C[S+](=O)(C#Cc2ccccc2)c2ccccc2)cc1. The Labute approximate surface area is 155 Å². The second-order valence-electron chi connectivity index (χ2n) is 6.01. The summed E-state index contributed by atoms with van der Waals surface area (Å²) in [6.07, 6.45) is 0. The topological polar surface area (TPSA) is 34.1 Å². The summed E-state index contributed by atoms with van der Waals surface area (Å²) < 4.78 is 13.6. The third kappa shape index (κ3) is 4.36. The number of Topliss-reactive ketones (excluding diaryl/α,β-unsaturated/α-hetero) is 1. The van der Waals surface area contributed by atoms with E-state index in [-0.39, 0.29) is 11.5 Å². The fourth-order valence-electron chi connectivity index (χ4n) is 2.49. The highest BCUT2D eigenvalue weighted by molar-refractivity contribution is 8.07. The molecule has 3 heteroatoms. The Balaban J connectivity index is 1.96. The lowest BCUT2D eigenvalue weighted by Gasteiger charge is -2.05. The predicted octanol–water partition coefficient (Wildman–Crippen LogP) is 4.75. The van der Waals surface area contributed by atoms with E-state index in [0.717, 1.165) is 11.1 Å². The molecule has 26 heavy (non-hydrogen) atoms. The number of ketones is 1. The molecule has 2 nitrogen and oxygen atoms in total. The molecule has 0 N–H and O–H groups in total. The van der Waals surface area contributed by atoms with Crippen LogP contribution in [0.3, 0.4) is 0 Å². The Kier molecular flexibility index (Phi) is 5.46. The molecule has 0 heterocycles. The summed E-state index contributed by atoms with van der Waals surface area (Å²) in [5.74, 6) is 2.68. The van der Waals surface area contributed by atoms with Gasteiger partial charge in [0.25, 0.3) is 0 Å². The van der Waals surface area contributed by atoms with Crippen molar-refractivity contribution in [1.29, 1.82) is 0 Å². The summed E-state index contributed by atoms with van der Waals surface area (Å²) in [5, 5.41) is 2.90. The summed E-state index contributed by atoms with van der Waals surface area (Å²) in [6.45, 7) is 1.96. The molecular weight excluding hydrogens is 340 g/mol. The minimum absolute atomic E-state index is 0.125. The molecule has 0 bridgehead atoms. The van der Waals surface area contributed by atoms with Gasteiger partial charge in [-0.3, -0.25) is 4.79 Å². The number of carbonyl (C=O) groups excluding carboxylic acids is 1. The molecule has 3 rings (SSSR count). The van der Waals surface area contributed by atoms with Crippen molar-refractivity contribution in [3.8, 4) is 11.2 Å². The van der Waals surface area contributed by atoms with Crippen molar-refractivity contribution in [2.75, 3.05) is 5.75 Å².